The normalized spacial score (nSPS) is 12.2. The third-order valence-electron chi connectivity index (χ3n) is 4.22. The van der Waals surface area contributed by atoms with Gasteiger partial charge in [0.05, 0.1) is 0 Å². The summed E-state index contributed by atoms with van der Waals surface area (Å²) in [6.07, 6.45) is 0. The molecule has 0 spiro atoms. The fourth-order valence-electron chi connectivity index (χ4n) is 3.08. The zero-order chi connectivity index (χ0) is 18.9. The molecule has 0 saturated heterocycles. The zero-order valence-electron chi connectivity index (χ0n) is 13.3. The second kappa shape index (κ2) is 6.93. The number of benzene rings is 3. The molecule has 134 valence electrons. The zero-order valence-corrected chi connectivity index (χ0v) is 15.0. The van der Waals surface area contributed by atoms with Gasteiger partial charge < -0.3 is 9.79 Å². The van der Waals surface area contributed by atoms with E-state index in [-0.39, 0.29) is 16.7 Å². The van der Waals surface area contributed by atoms with E-state index in [2.05, 4.69) is 0 Å². The first-order valence-electron chi connectivity index (χ1n) is 7.59. The van der Waals surface area contributed by atoms with Gasteiger partial charge in [-0.25, -0.2) is 8.78 Å². The highest BCUT2D eigenvalue weighted by molar-refractivity contribution is 7.53. The molecular formula is C19H14ClF2O3P. The number of halogens is 3. The van der Waals surface area contributed by atoms with Crippen LogP contribution in [0.2, 0.25) is 5.02 Å². The molecule has 0 radical (unpaired) electrons. The first-order chi connectivity index (χ1) is 12.2. The summed E-state index contributed by atoms with van der Waals surface area (Å²) in [6.45, 7) is 0. The van der Waals surface area contributed by atoms with Crippen LogP contribution in [-0.4, -0.2) is 9.79 Å². The standard InChI is InChI=1S/C19H14ClF2O3P/c20-16-7-1-13(2-8-16)19(26(23,24)25,14-3-9-17(21)10-4-14)15-5-11-18(22)12-6-15/h1-12H,(H2,23,24,25). The highest BCUT2D eigenvalue weighted by atomic mass is 35.5. The Bertz CT molecular complexity index is 841. The van der Waals surface area contributed by atoms with E-state index in [1.54, 1.807) is 0 Å². The molecule has 0 aliphatic rings. The van der Waals surface area contributed by atoms with Crippen molar-refractivity contribution in [1.29, 1.82) is 0 Å². The molecule has 0 aliphatic heterocycles. The fourth-order valence-corrected chi connectivity index (χ4v) is 4.66. The molecule has 26 heavy (non-hydrogen) atoms. The largest absolute Gasteiger partial charge is 0.344 e. The summed E-state index contributed by atoms with van der Waals surface area (Å²) in [5, 5.41) is -1.54. The van der Waals surface area contributed by atoms with E-state index in [0.717, 1.165) is 24.3 Å². The smallest absolute Gasteiger partial charge is 0.323 e. The van der Waals surface area contributed by atoms with Crippen molar-refractivity contribution in [2.24, 2.45) is 0 Å². The van der Waals surface area contributed by atoms with Gasteiger partial charge in [-0.15, -0.1) is 0 Å². The van der Waals surface area contributed by atoms with Gasteiger partial charge in [0.2, 0.25) is 0 Å². The fraction of sp³-hybridized carbons (Fsp3) is 0.0526. The molecule has 0 aromatic heterocycles. The van der Waals surface area contributed by atoms with Crippen LogP contribution in [0.15, 0.2) is 72.8 Å². The minimum Gasteiger partial charge on any atom is -0.323 e. The van der Waals surface area contributed by atoms with Crippen molar-refractivity contribution in [1.82, 2.24) is 0 Å². The van der Waals surface area contributed by atoms with Crippen molar-refractivity contribution >= 4 is 19.2 Å². The van der Waals surface area contributed by atoms with Crippen LogP contribution in [0.25, 0.3) is 0 Å². The van der Waals surface area contributed by atoms with Crippen molar-refractivity contribution in [2.45, 2.75) is 5.16 Å². The Morgan fingerprint density at radius 1 is 0.692 bits per heavy atom. The summed E-state index contributed by atoms with van der Waals surface area (Å²) in [5.74, 6) is -1.08. The van der Waals surface area contributed by atoms with Crippen LogP contribution in [0.5, 0.6) is 0 Å². The molecule has 7 heteroatoms. The van der Waals surface area contributed by atoms with Crippen LogP contribution in [0, 0.1) is 11.6 Å². The Morgan fingerprint density at radius 3 is 1.31 bits per heavy atom. The van der Waals surface area contributed by atoms with E-state index < -0.39 is 24.4 Å². The minimum atomic E-state index is -4.91. The summed E-state index contributed by atoms with van der Waals surface area (Å²) in [6, 6.07) is 15.7. The van der Waals surface area contributed by atoms with Crippen LogP contribution in [0.1, 0.15) is 16.7 Å². The summed E-state index contributed by atoms with van der Waals surface area (Å²) >= 11 is 5.92. The van der Waals surface area contributed by atoms with E-state index in [0.29, 0.717) is 5.02 Å². The Hall–Kier alpha value is -2.04. The Labute approximate surface area is 154 Å². The Kier molecular flexibility index (Phi) is 5.00. The van der Waals surface area contributed by atoms with Crippen molar-refractivity contribution < 1.29 is 23.1 Å². The summed E-state index contributed by atoms with van der Waals surface area (Å²) < 4.78 is 39.6. The number of hydrogen-bond donors (Lipinski definition) is 2. The third-order valence-corrected chi connectivity index (χ3v) is 6.12. The van der Waals surface area contributed by atoms with Crippen molar-refractivity contribution in [3.63, 3.8) is 0 Å². The van der Waals surface area contributed by atoms with Gasteiger partial charge in [0, 0.05) is 5.02 Å². The van der Waals surface area contributed by atoms with Crippen LogP contribution >= 0.6 is 19.2 Å². The van der Waals surface area contributed by atoms with Gasteiger partial charge in [-0.2, -0.15) is 0 Å². The Balaban J connectivity index is 2.42. The van der Waals surface area contributed by atoms with E-state index in [4.69, 9.17) is 11.6 Å². The lowest BCUT2D eigenvalue weighted by molar-refractivity contribution is 0.349. The van der Waals surface area contributed by atoms with E-state index in [9.17, 15) is 23.1 Å². The lowest BCUT2D eigenvalue weighted by atomic mass is 9.84. The molecule has 3 rings (SSSR count). The maximum Gasteiger partial charge on any atom is 0.344 e. The highest BCUT2D eigenvalue weighted by Gasteiger charge is 2.51. The summed E-state index contributed by atoms with van der Waals surface area (Å²) in [4.78, 5) is 20.8. The minimum absolute atomic E-state index is 0.182. The molecule has 3 aromatic carbocycles. The Morgan fingerprint density at radius 2 is 1.00 bits per heavy atom. The molecule has 0 amide bonds. The highest BCUT2D eigenvalue weighted by Crippen LogP contribution is 2.64. The van der Waals surface area contributed by atoms with Gasteiger partial charge >= 0.3 is 7.60 Å². The van der Waals surface area contributed by atoms with E-state index in [1.807, 2.05) is 0 Å². The maximum atomic E-state index is 13.4. The van der Waals surface area contributed by atoms with Gasteiger partial charge in [-0.05, 0) is 53.1 Å². The van der Waals surface area contributed by atoms with Crippen molar-refractivity contribution in [2.75, 3.05) is 0 Å². The topological polar surface area (TPSA) is 57.5 Å². The molecule has 0 fully saturated rings. The molecular weight excluding hydrogens is 381 g/mol. The molecule has 2 N–H and O–H groups in total. The van der Waals surface area contributed by atoms with Gasteiger partial charge in [0.25, 0.3) is 0 Å². The lowest BCUT2D eigenvalue weighted by Crippen LogP contribution is -2.29. The molecule has 0 aliphatic carbocycles. The van der Waals surface area contributed by atoms with Crippen LogP contribution in [0.4, 0.5) is 8.78 Å². The summed E-state index contributed by atoms with van der Waals surface area (Å²) in [5.41, 5.74) is 0.621. The van der Waals surface area contributed by atoms with Gasteiger partial charge in [0.15, 0.2) is 0 Å². The van der Waals surface area contributed by atoms with Crippen molar-refractivity contribution in [3.05, 3.63) is 106 Å². The van der Waals surface area contributed by atoms with E-state index >= 15 is 0 Å². The van der Waals surface area contributed by atoms with Crippen LogP contribution in [0.3, 0.4) is 0 Å². The molecule has 0 atom stereocenters. The van der Waals surface area contributed by atoms with Crippen LogP contribution < -0.4 is 0 Å². The average molecular weight is 395 g/mol. The lowest BCUT2D eigenvalue weighted by Gasteiger charge is -2.36. The second-order valence-electron chi connectivity index (χ2n) is 5.78. The number of hydrogen-bond acceptors (Lipinski definition) is 1. The van der Waals surface area contributed by atoms with Gasteiger partial charge in [-0.1, -0.05) is 48.0 Å². The SMILES string of the molecule is O=P(O)(O)C(c1ccc(F)cc1)(c1ccc(F)cc1)c1ccc(Cl)cc1. The first kappa shape index (κ1) is 18.7. The predicted molar refractivity (Wildman–Crippen MR) is 96.2 cm³/mol. The third kappa shape index (κ3) is 3.19. The second-order valence-corrected chi connectivity index (χ2v) is 7.97. The molecule has 0 saturated carbocycles. The quantitative estimate of drug-likeness (QED) is 0.479. The molecule has 3 aromatic rings. The van der Waals surface area contributed by atoms with Crippen molar-refractivity contribution in [3.8, 4) is 0 Å². The van der Waals surface area contributed by atoms with Gasteiger partial charge in [-0.3, -0.25) is 4.57 Å². The molecule has 0 bridgehead atoms. The molecule has 0 unspecified atom stereocenters. The molecule has 3 nitrogen and oxygen atoms in total. The van der Waals surface area contributed by atoms with Crippen LogP contribution in [-0.2, 0) is 9.72 Å². The van der Waals surface area contributed by atoms with E-state index in [1.165, 1.54) is 48.5 Å². The first-order valence-corrected chi connectivity index (χ1v) is 9.58. The monoisotopic (exact) mass is 394 g/mol. The maximum absolute atomic E-state index is 13.4. The number of rotatable bonds is 4. The van der Waals surface area contributed by atoms with Gasteiger partial charge in [0.1, 0.15) is 16.8 Å². The predicted octanol–water partition coefficient (Wildman–Crippen LogP) is 5.09. The summed E-state index contributed by atoms with van der Waals surface area (Å²) in [7, 11) is -4.91. The average Bonchev–Trinajstić information content (AvgIpc) is 2.59. The molecule has 0 heterocycles.